The van der Waals surface area contributed by atoms with Crippen LogP contribution in [0.2, 0.25) is 0 Å². The van der Waals surface area contributed by atoms with E-state index >= 15 is 0 Å². The van der Waals surface area contributed by atoms with Gasteiger partial charge in [0.05, 0.1) is 4.90 Å². The third-order valence-electron chi connectivity index (χ3n) is 2.67. The molecule has 0 aliphatic rings. The monoisotopic (exact) mass is 370 g/mol. The van der Waals surface area contributed by atoms with Crippen molar-refractivity contribution in [2.45, 2.75) is 4.90 Å². The first kappa shape index (κ1) is 15.5. The topological polar surface area (TPSA) is 80.7 Å². The fraction of sp³-hybridized carbons (Fsp3) is 0.0714. The lowest BCUT2D eigenvalue weighted by atomic mass is 10.2. The first-order valence-corrected chi connectivity index (χ1v) is 8.47. The normalized spacial score (nSPS) is 11.1. The first-order chi connectivity index (χ1) is 9.79. The number of sulfone groups is 1. The largest absolute Gasteiger partial charge is 0.478 e. The second-order valence-corrected chi connectivity index (χ2v) is 7.13. The maximum atomic E-state index is 11.4. The van der Waals surface area contributed by atoms with E-state index in [1.807, 2.05) is 0 Å². The summed E-state index contributed by atoms with van der Waals surface area (Å²) < 4.78 is 28.6. The number of benzene rings is 2. The Morgan fingerprint density at radius 3 is 2.29 bits per heavy atom. The molecule has 2 rings (SSSR count). The molecule has 0 aliphatic carbocycles. The van der Waals surface area contributed by atoms with Gasteiger partial charge in [0, 0.05) is 10.7 Å². The summed E-state index contributed by atoms with van der Waals surface area (Å²) >= 11 is 3.16. The molecule has 0 saturated heterocycles. The molecule has 0 atom stereocenters. The lowest BCUT2D eigenvalue weighted by molar-refractivity contribution is 0.0693. The molecule has 0 heterocycles. The summed E-state index contributed by atoms with van der Waals surface area (Å²) in [4.78, 5) is 11.4. The molecule has 2 aromatic carbocycles. The maximum absolute atomic E-state index is 11.4. The summed E-state index contributed by atoms with van der Waals surface area (Å²) in [5.74, 6) is -0.600. The van der Waals surface area contributed by atoms with Crippen LogP contribution in [-0.2, 0) is 9.84 Å². The molecule has 0 fully saturated rings. The Hall–Kier alpha value is -1.86. The average Bonchev–Trinajstić information content (AvgIpc) is 2.38. The van der Waals surface area contributed by atoms with E-state index < -0.39 is 15.8 Å². The van der Waals surface area contributed by atoms with E-state index in [0.717, 1.165) is 6.26 Å². The Morgan fingerprint density at radius 1 is 1.14 bits per heavy atom. The van der Waals surface area contributed by atoms with Gasteiger partial charge in [-0.05, 0) is 52.3 Å². The summed E-state index contributed by atoms with van der Waals surface area (Å²) in [6.45, 7) is 0. The number of ether oxygens (including phenoxy) is 1. The zero-order valence-corrected chi connectivity index (χ0v) is 13.3. The molecule has 0 bridgehead atoms. The molecule has 7 heteroatoms. The zero-order chi connectivity index (χ0) is 15.6. The van der Waals surface area contributed by atoms with Crippen LogP contribution in [0.1, 0.15) is 10.4 Å². The highest BCUT2D eigenvalue weighted by atomic mass is 79.9. The van der Waals surface area contributed by atoms with Gasteiger partial charge >= 0.3 is 5.97 Å². The van der Waals surface area contributed by atoms with Gasteiger partial charge in [-0.15, -0.1) is 0 Å². The second kappa shape index (κ2) is 5.87. The molecule has 0 saturated carbocycles. The molecule has 0 aromatic heterocycles. The number of halogens is 1. The second-order valence-electron chi connectivity index (χ2n) is 4.26. The lowest BCUT2D eigenvalue weighted by Crippen LogP contribution is -2.01. The van der Waals surface area contributed by atoms with Crippen LogP contribution in [0.15, 0.2) is 51.8 Å². The van der Waals surface area contributed by atoms with Crippen molar-refractivity contribution in [1.29, 1.82) is 0 Å². The summed E-state index contributed by atoms with van der Waals surface area (Å²) in [6, 6.07) is 10.5. The SMILES string of the molecule is CS(=O)(=O)c1ccc(Oc2cccc(Br)c2C(=O)O)cc1. The van der Waals surface area contributed by atoms with Gasteiger partial charge in [-0.25, -0.2) is 13.2 Å². The van der Waals surface area contributed by atoms with E-state index in [4.69, 9.17) is 4.74 Å². The maximum Gasteiger partial charge on any atom is 0.340 e. The predicted molar refractivity (Wildman–Crippen MR) is 80.7 cm³/mol. The van der Waals surface area contributed by atoms with Gasteiger partial charge in [0.15, 0.2) is 9.84 Å². The minimum atomic E-state index is -3.28. The van der Waals surface area contributed by atoms with Crippen molar-refractivity contribution < 1.29 is 23.1 Å². The molecule has 110 valence electrons. The van der Waals surface area contributed by atoms with Crippen LogP contribution >= 0.6 is 15.9 Å². The molecule has 0 aliphatic heterocycles. The van der Waals surface area contributed by atoms with Gasteiger partial charge in [-0.3, -0.25) is 0 Å². The fourth-order valence-corrected chi connectivity index (χ4v) is 2.83. The molecule has 5 nitrogen and oxygen atoms in total. The van der Waals surface area contributed by atoms with E-state index in [1.165, 1.54) is 30.3 Å². The lowest BCUT2D eigenvalue weighted by Gasteiger charge is -2.10. The van der Waals surface area contributed by atoms with Gasteiger partial charge in [-0.2, -0.15) is 0 Å². The van der Waals surface area contributed by atoms with Crippen molar-refractivity contribution in [3.63, 3.8) is 0 Å². The van der Waals surface area contributed by atoms with Crippen LogP contribution in [0.3, 0.4) is 0 Å². The molecule has 0 amide bonds. The fourth-order valence-electron chi connectivity index (χ4n) is 1.68. The minimum Gasteiger partial charge on any atom is -0.478 e. The standard InChI is InChI=1S/C14H11BrO5S/c1-21(18,19)10-7-5-9(6-8-10)20-12-4-2-3-11(15)13(12)14(16)17/h2-8H,1H3,(H,16,17). The Labute approximate surface area is 130 Å². The van der Waals surface area contributed by atoms with Crippen LogP contribution in [0.5, 0.6) is 11.5 Å². The number of carboxylic acid groups (broad SMARTS) is 1. The zero-order valence-electron chi connectivity index (χ0n) is 10.9. The van der Waals surface area contributed by atoms with Crippen LogP contribution in [-0.4, -0.2) is 25.7 Å². The molecular formula is C14H11BrO5S. The van der Waals surface area contributed by atoms with Crippen LogP contribution in [0.4, 0.5) is 0 Å². The van der Waals surface area contributed by atoms with Crippen molar-refractivity contribution in [2.75, 3.05) is 6.26 Å². The van der Waals surface area contributed by atoms with Crippen LogP contribution < -0.4 is 4.74 Å². The Bertz CT molecular complexity index is 782. The summed E-state index contributed by atoms with van der Waals surface area (Å²) in [5, 5.41) is 9.19. The molecule has 21 heavy (non-hydrogen) atoms. The third kappa shape index (κ3) is 3.62. The Balaban J connectivity index is 2.35. The highest BCUT2D eigenvalue weighted by Crippen LogP contribution is 2.31. The molecule has 0 spiro atoms. The van der Waals surface area contributed by atoms with E-state index in [0.29, 0.717) is 10.2 Å². The minimum absolute atomic E-state index is 0.00434. The first-order valence-electron chi connectivity index (χ1n) is 5.79. The number of rotatable bonds is 4. The summed E-state index contributed by atoms with van der Waals surface area (Å²) in [5.41, 5.74) is 0.00434. The molecule has 0 unspecified atom stereocenters. The van der Waals surface area contributed by atoms with E-state index in [9.17, 15) is 18.3 Å². The van der Waals surface area contributed by atoms with Gasteiger partial charge < -0.3 is 9.84 Å². The van der Waals surface area contributed by atoms with Crippen molar-refractivity contribution in [1.82, 2.24) is 0 Å². The van der Waals surface area contributed by atoms with E-state index in [1.54, 1.807) is 12.1 Å². The molecule has 2 aromatic rings. The van der Waals surface area contributed by atoms with Crippen LogP contribution in [0, 0.1) is 0 Å². The van der Waals surface area contributed by atoms with Crippen molar-refractivity contribution >= 4 is 31.7 Å². The number of carbonyl (C=O) groups is 1. The van der Waals surface area contributed by atoms with Gasteiger partial charge in [0.25, 0.3) is 0 Å². The van der Waals surface area contributed by atoms with E-state index in [-0.39, 0.29) is 16.2 Å². The third-order valence-corrected chi connectivity index (χ3v) is 4.46. The van der Waals surface area contributed by atoms with Gasteiger partial charge in [-0.1, -0.05) is 6.07 Å². The number of carboxylic acids is 1. The Kier molecular flexibility index (Phi) is 4.34. The summed E-state index contributed by atoms with van der Waals surface area (Å²) in [6.07, 6.45) is 1.11. The predicted octanol–water partition coefficient (Wildman–Crippen LogP) is 3.34. The Morgan fingerprint density at radius 2 is 1.76 bits per heavy atom. The number of hydrogen-bond donors (Lipinski definition) is 1. The number of hydrogen-bond acceptors (Lipinski definition) is 4. The molecule has 0 radical (unpaired) electrons. The highest BCUT2D eigenvalue weighted by molar-refractivity contribution is 9.10. The molecular weight excluding hydrogens is 360 g/mol. The summed E-state index contributed by atoms with van der Waals surface area (Å²) in [7, 11) is -3.28. The van der Waals surface area contributed by atoms with Crippen molar-refractivity contribution in [3.8, 4) is 11.5 Å². The quantitative estimate of drug-likeness (QED) is 0.892. The van der Waals surface area contributed by atoms with Crippen molar-refractivity contribution in [3.05, 3.63) is 52.5 Å². The number of aromatic carboxylic acids is 1. The van der Waals surface area contributed by atoms with Gasteiger partial charge in [0.2, 0.25) is 0 Å². The highest BCUT2D eigenvalue weighted by Gasteiger charge is 2.16. The van der Waals surface area contributed by atoms with Gasteiger partial charge in [0.1, 0.15) is 17.1 Å². The van der Waals surface area contributed by atoms with Crippen LogP contribution in [0.25, 0.3) is 0 Å². The average molecular weight is 371 g/mol. The smallest absolute Gasteiger partial charge is 0.340 e. The molecule has 1 N–H and O–H groups in total. The van der Waals surface area contributed by atoms with Crippen molar-refractivity contribution in [2.24, 2.45) is 0 Å². The van der Waals surface area contributed by atoms with E-state index in [2.05, 4.69) is 15.9 Å².